The fourth-order valence-electron chi connectivity index (χ4n) is 4.70. The summed E-state index contributed by atoms with van der Waals surface area (Å²) in [5.41, 5.74) is 0.0103. The van der Waals surface area contributed by atoms with Gasteiger partial charge in [-0.2, -0.15) is 0 Å². The maximum absolute atomic E-state index is 13.9. The number of likely N-dealkylation sites (tertiary alicyclic amines) is 1. The summed E-state index contributed by atoms with van der Waals surface area (Å²) >= 11 is 0. The zero-order chi connectivity index (χ0) is 26.9. The first-order valence-corrected chi connectivity index (χ1v) is 13.5. The molecule has 2 unspecified atom stereocenters. The molecule has 0 bridgehead atoms. The fraction of sp³-hybridized carbons (Fsp3) is 0.821. The van der Waals surface area contributed by atoms with Crippen LogP contribution in [-0.2, 0) is 19.1 Å². The number of hydrogen-bond donors (Lipinski definition) is 1. The van der Waals surface area contributed by atoms with Crippen LogP contribution in [0.2, 0.25) is 0 Å². The van der Waals surface area contributed by atoms with Crippen molar-refractivity contribution >= 4 is 17.8 Å². The number of piperidine rings is 1. The molecule has 1 aliphatic rings. The topological polar surface area (TPSA) is 79.0 Å². The van der Waals surface area contributed by atoms with E-state index in [9.17, 15) is 14.4 Å². The van der Waals surface area contributed by atoms with E-state index >= 15 is 0 Å². The quantitative estimate of drug-likeness (QED) is 0.337. The normalized spacial score (nSPS) is 21.0. The minimum atomic E-state index is -0.677. The highest BCUT2D eigenvalue weighted by Crippen LogP contribution is 2.26. The summed E-state index contributed by atoms with van der Waals surface area (Å²) in [4.78, 5) is 43.6. The smallest absolute Gasteiger partial charge is 0.333 e. The van der Waals surface area contributed by atoms with Crippen molar-refractivity contribution in [2.75, 3.05) is 20.2 Å². The highest BCUT2D eigenvalue weighted by Gasteiger charge is 2.40. The Hall–Kier alpha value is -1.89. The van der Waals surface area contributed by atoms with Crippen molar-refractivity contribution in [1.29, 1.82) is 0 Å². The fourth-order valence-corrected chi connectivity index (χ4v) is 4.70. The van der Waals surface area contributed by atoms with Gasteiger partial charge in [0.2, 0.25) is 11.8 Å². The Morgan fingerprint density at radius 3 is 2.26 bits per heavy atom. The van der Waals surface area contributed by atoms with Crippen LogP contribution < -0.4 is 5.32 Å². The number of rotatable bonds is 11. The molecule has 0 saturated carbocycles. The van der Waals surface area contributed by atoms with E-state index in [0.29, 0.717) is 18.2 Å². The number of amides is 2. The third-order valence-corrected chi connectivity index (χ3v) is 7.44. The van der Waals surface area contributed by atoms with Gasteiger partial charge in [-0.05, 0) is 57.9 Å². The molecule has 1 saturated heterocycles. The Bertz CT molecular complexity index is 743. The van der Waals surface area contributed by atoms with Crippen LogP contribution in [0.5, 0.6) is 0 Å². The molecule has 1 heterocycles. The Balaban J connectivity index is 3.22. The van der Waals surface area contributed by atoms with Gasteiger partial charge in [-0.15, -0.1) is 0 Å². The second-order valence-electron chi connectivity index (χ2n) is 11.2. The van der Waals surface area contributed by atoms with Gasteiger partial charge in [-0.3, -0.25) is 14.5 Å². The van der Waals surface area contributed by atoms with Crippen molar-refractivity contribution in [3.63, 3.8) is 0 Å². The monoisotopic (exact) mass is 493 g/mol. The molecule has 1 aliphatic heterocycles. The lowest BCUT2D eigenvalue weighted by Gasteiger charge is -2.41. The summed E-state index contributed by atoms with van der Waals surface area (Å²) in [6.07, 6.45) is 6.59. The Labute approximate surface area is 214 Å². The van der Waals surface area contributed by atoms with E-state index in [4.69, 9.17) is 4.74 Å². The zero-order valence-corrected chi connectivity index (χ0v) is 23.9. The third-order valence-electron chi connectivity index (χ3n) is 7.44. The molecule has 0 aromatic heterocycles. The van der Waals surface area contributed by atoms with Crippen LogP contribution in [0.25, 0.3) is 0 Å². The number of ether oxygens (including phenoxy) is 1. The Kier molecular flexibility index (Phi) is 12.5. The second kappa shape index (κ2) is 14.0. The minimum absolute atomic E-state index is 0.0648. The molecule has 0 aliphatic carbocycles. The molecular weight excluding hydrogens is 442 g/mol. The first-order valence-electron chi connectivity index (χ1n) is 13.5. The Morgan fingerprint density at radius 2 is 1.74 bits per heavy atom. The summed E-state index contributed by atoms with van der Waals surface area (Å²) < 4.78 is 5.15. The largest absolute Gasteiger partial charge is 0.463 e. The molecule has 202 valence electrons. The predicted molar refractivity (Wildman–Crippen MR) is 142 cm³/mol. The van der Waals surface area contributed by atoms with E-state index in [1.807, 2.05) is 26.8 Å². The molecule has 1 rings (SSSR count). The summed E-state index contributed by atoms with van der Waals surface area (Å²) in [6, 6.07) is -0.852. The van der Waals surface area contributed by atoms with E-state index in [0.717, 1.165) is 38.6 Å². The summed E-state index contributed by atoms with van der Waals surface area (Å²) in [7, 11) is 1.77. The number of carbonyl (C=O) groups is 3. The molecule has 35 heavy (non-hydrogen) atoms. The predicted octanol–water partition coefficient (Wildman–Crippen LogP) is 4.55. The van der Waals surface area contributed by atoms with Crippen LogP contribution in [0.15, 0.2) is 11.6 Å². The standard InChI is InChI=1S/C28H51N3O4/c1-11-19(4)23(18-20(5)27(34)35-13-3)30(10)26(33)24(28(7,8)9)29-25(32)22-16-14-15-17-31(22)21(6)12-2/h18-19,21-24H,11-17H2,1-10H3,(H,29,32)/b20-18+/t19-,21?,22?,23+,24+/m0/s1. The highest BCUT2D eigenvalue weighted by molar-refractivity contribution is 5.91. The van der Waals surface area contributed by atoms with Crippen LogP contribution >= 0.6 is 0 Å². The van der Waals surface area contributed by atoms with Crippen LogP contribution in [0.1, 0.15) is 94.4 Å². The third kappa shape index (κ3) is 8.62. The molecule has 5 atom stereocenters. The number of carbonyl (C=O) groups excluding carboxylic acids is 3. The van der Waals surface area contributed by atoms with Gasteiger partial charge in [0.05, 0.1) is 18.7 Å². The first-order chi connectivity index (χ1) is 16.3. The zero-order valence-electron chi connectivity index (χ0n) is 23.9. The molecule has 0 radical (unpaired) electrons. The molecule has 1 fully saturated rings. The van der Waals surface area contributed by atoms with E-state index < -0.39 is 11.5 Å². The molecule has 0 aromatic rings. The van der Waals surface area contributed by atoms with Gasteiger partial charge in [0.25, 0.3) is 0 Å². The van der Waals surface area contributed by atoms with Crippen LogP contribution in [-0.4, -0.2) is 72.0 Å². The number of likely N-dealkylation sites (N-methyl/N-ethyl adjacent to an activating group) is 1. The number of esters is 1. The van der Waals surface area contributed by atoms with Gasteiger partial charge < -0.3 is 15.0 Å². The first kappa shape index (κ1) is 31.1. The number of nitrogens with one attached hydrogen (secondary N) is 1. The number of hydrogen-bond acceptors (Lipinski definition) is 5. The van der Waals surface area contributed by atoms with Gasteiger partial charge in [-0.25, -0.2) is 4.79 Å². The van der Waals surface area contributed by atoms with Gasteiger partial charge in [0.1, 0.15) is 6.04 Å². The van der Waals surface area contributed by atoms with Gasteiger partial charge >= 0.3 is 5.97 Å². The van der Waals surface area contributed by atoms with Crippen molar-refractivity contribution in [3.05, 3.63) is 11.6 Å². The SMILES string of the molecule is CCOC(=O)/C(C)=C/[C@H]([C@@H](C)CC)N(C)C(=O)[C@@H](NC(=O)C1CCCCN1C(C)CC)C(C)(C)C. The average molecular weight is 494 g/mol. The average Bonchev–Trinajstić information content (AvgIpc) is 2.82. The van der Waals surface area contributed by atoms with E-state index in [1.54, 1.807) is 25.8 Å². The lowest BCUT2D eigenvalue weighted by molar-refractivity contribution is -0.142. The summed E-state index contributed by atoms with van der Waals surface area (Å²) in [5.74, 6) is -0.450. The van der Waals surface area contributed by atoms with Crippen LogP contribution in [0.4, 0.5) is 0 Å². The summed E-state index contributed by atoms with van der Waals surface area (Å²) in [6.45, 7) is 19.1. The van der Waals surface area contributed by atoms with Gasteiger partial charge in [0, 0.05) is 18.7 Å². The van der Waals surface area contributed by atoms with Crippen molar-refractivity contribution in [3.8, 4) is 0 Å². The second-order valence-corrected chi connectivity index (χ2v) is 11.2. The minimum Gasteiger partial charge on any atom is -0.463 e. The molecule has 2 amide bonds. The lowest BCUT2D eigenvalue weighted by Crippen LogP contribution is -2.60. The van der Waals surface area contributed by atoms with Crippen molar-refractivity contribution in [1.82, 2.24) is 15.1 Å². The molecule has 7 heteroatoms. The lowest BCUT2D eigenvalue weighted by atomic mass is 9.84. The van der Waals surface area contributed by atoms with E-state index in [1.165, 1.54) is 0 Å². The molecular formula is C28H51N3O4. The summed E-state index contributed by atoms with van der Waals surface area (Å²) in [5, 5.41) is 3.14. The van der Waals surface area contributed by atoms with Crippen molar-refractivity contribution in [2.45, 2.75) is 119 Å². The van der Waals surface area contributed by atoms with Crippen LogP contribution in [0, 0.1) is 11.3 Å². The van der Waals surface area contributed by atoms with E-state index in [-0.39, 0.29) is 35.8 Å². The maximum Gasteiger partial charge on any atom is 0.333 e. The molecule has 0 aromatic carbocycles. The van der Waals surface area contributed by atoms with E-state index in [2.05, 4.69) is 37.9 Å². The van der Waals surface area contributed by atoms with Gasteiger partial charge in [0.15, 0.2) is 0 Å². The molecule has 1 N–H and O–H groups in total. The Morgan fingerprint density at radius 1 is 1.11 bits per heavy atom. The number of nitrogens with zero attached hydrogens (tertiary/aromatic N) is 2. The molecule has 7 nitrogen and oxygen atoms in total. The van der Waals surface area contributed by atoms with Crippen molar-refractivity contribution < 1.29 is 19.1 Å². The maximum atomic E-state index is 13.9. The van der Waals surface area contributed by atoms with Crippen LogP contribution in [0.3, 0.4) is 0 Å². The molecule has 0 spiro atoms. The highest BCUT2D eigenvalue weighted by atomic mass is 16.5. The van der Waals surface area contributed by atoms with Crippen molar-refractivity contribution in [2.24, 2.45) is 11.3 Å². The van der Waals surface area contributed by atoms with Gasteiger partial charge in [-0.1, -0.05) is 60.5 Å².